The molecule has 268 valence electrons. The summed E-state index contributed by atoms with van der Waals surface area (Å²) in [5.41, 5.74) is 14.0. The topological polar surface area (TPSA) is 8.17 Å². The third kappa shape index (κ3) is 5.88. The minimum absolute atomic E-state index is 1.10. The van der Waals surface area contributed by atoms with Crippen LogP contribution in [-0.2, 0) is 0 Å². The molecule has 57 heavy (non-hydrogen) atoms. The summed E-state index contributed by atoms with van der Waals surface area (Å²) in [4.78, 5) is 2.38. The van der Waals surface area contributed by atoms with E-state index in [1.807, 2.05) is 11.3 Å². The lowest BCUT2D eigenvalue weighted by Crippen LogP contribution is -2.10. The molecular weight excluding hydrogens is 709 g/mol. The summed E-state index contributed by atoms with van der Waals surface area (Å²) in [5, 5.41) is 5.08. The number of hydrogen-bond acceptors (Lipinski definition) is 2. The van der Waals surface area contributed by atoms with Crippen LogP contribution in [0.3, 0.4) is 0 Å². The average molecular weight is 745 g/mol. The van der Waals surface area contributed by atoms with Crippen LogP contribution < -0.4 is 4.90 Å². The number of hydrogen-bond donors (Lipinski definition) is 0. The van der Waals surface area contributed by atoms with Gasteiger partial charge in [-0.05, 0) is 106 Å². The van der Waals surface area contributed by atoms with Gasteiger partial charge in [-0.3, -0.25) is 0 Å². The summed E-state index contributed by atoms with van der Waals surface area (Å²) < 4.78 is 5.07. The molecule has 0 amide bonds. The van der Waals surface area contributed by atoms with Gasteiger partial charge < -0.3 is 9.47 Å². The molecule has 0 aliphatic heterocycles. The van der Waals surface area contributed by atoms with Gasteiger partial charge in [-0.15, -0.1) is 11.3 Å². The van der Waals surface area contributed by atoms with Crippen molar-refractivity contribution >= 4 is 70.4 Å². The highest BCUT2D eigenvalue weighted by molar-refractivity contribution is 7.25. The minimum Gasteiger partial charge on any atom is -0.310 e. The van der Waals surface area contributed by atoms with Gasteiger partial charge in [0.05, 0.1) is 11.0 Å². The Balaban J connectivity index is 1.06. The summed E-state index contributed by atoms with van der Waals surface area (Å²) >= 11 is 1.86. The summed E-state index contributed by atoms with van der Waals surface area (Å²) in [7, 11) is 0. The summed E-state index contributed by atoms with van der Waals surface area (Å²) in [5.74, 6) is 0. The molecule has 0 fully saturated rings. The Morgan fingerprint density at radius 3 is 1.51 bits per heavy atom. The Kier molecular flexibility index (Phi) is 8.04. The van der Waals surface area contributed by atoms with E-state index in [4.69, 9.17) is 0 Å². The van der Waals surface area contributed by atoms with E-state index in [2.05, 4.69) is 228 Å². The van der Waals surface area contributed by atoms with Crippen LogP contribution in [0.2, 0.25) is 0 Å². The standard InChI is InChI=1S/C54H36N2S/c1-3-12-37(13-4-1)39-22-26-43(27-23-39)55(44-28-24-40(25-29-44)42-17-11-16-41(34-42)38-14-5-2-6-15-38)46-30-32-48-47-18-7-9-20-51(47)56(52(48)36-46)45-31-33-54-50(35-45)49-19-8-10-21-53(49)57-54/h1-36H. The predicted octanol–water partition coefficient (Wildman–Crippen LogP) is 15.6. The van der Waals surface area contributed by atoms with E-state index < -0.39 is 0 Å². The number of thiophene rings is 1. The van der Waals surface area contributed by atoms with Crippen LogP contribution in [0, 0.1) is 0 Å². The van der Waals surface area contributed by atoms with Crippen molar-refractivity contribution in [3.8, 4) is 39.1 Å². The zero-order valence-corrected chi connectivity index (χ0v) is 31.9. The van der Waals surface area contributed by atoms with E-state index in [9.17, 15) is 0 Å². The maximum atomic E-state index is 2.44. The summed E-state index contributed by atoms with van der Waals surface area (Å²) in [6.07, 6.45) is 0. The molecule has 0 unspecified atom stereocenters. The second-order valence-electron chi connectivity index (χ2n) is 14.6. The van der Waals surface area contributed by atoms with Crippen LogP contribution in [-0.4, -0.2) is 4.57 Å². The van der Waals surface area contributed by atoms with Gasteiger partial charge in [0.2, 0.25) is 0 Å². The lowest BCUT2D eigenvalue weighted by atomic mass is 9.99. The molecule has 0 radical (unpaired) electrons. The summed E-state index contributed by atoms with van der Waals surface area (Å²) in [6.45, 7) is 0. The Bertz CT molecular complexity index is 3210. The molecule has 0 spiro atoms. The van der Waals surface area contributed by atoms with Crippen LogP contribution in [0.1, 0.15) is 0 Å². The van der Waals surface area contributed by atoms with Gasteiger partial charge in [0.15, 0.2) is 0 Å². The van der Waals surface area contributed by atoms with Crippen LogP contribution in [0.25, 0.3) is 81.0 Å². The zero-order valence-electron chi connectivity index (χ0n) is 31.1. The normalized spacial score (nSPS) is 11.5. The molecule has 2 aromatic heterocycles. The maximum absolute atomic E-state index is 2.44. The number of aromatic nitrogens is 1. The predicted molar refractivity (Wildman–Crippen MR) is 245 cm³/mol. The number of anilines is 3. The zero-order chi connectivity index (χ0) is 37.7. The van der Waals surface area contributed by atoms with Crippen molar-refractivity contribution < 1.29 is 0 Å². The maximum Gasteiger partial charge on any atom is 0.0561 e. The third-order valence-electron chi connectivity index (χ3n) is 11.2. The monoisotopic (exact) mass is 744 g/mol. The van der Waals surface area contributed by atoms with Crippen LogP contribution in [0.5, 0.6) is 0 Å². The number of para-hydroxylation sites is 1. The first-order chi connectivity index (χ1) is 28.2. The van der Waals surface area contributed by atoms with Crippen molar-refractivity contribution in [1.29, 1.82) is 0 Å². The van der Waals surface area contributed by atoms with Crippen molar-refractivity contribution in [3.05, 3.63) is 218 Å². The van der Waals surface area contributed by atoms with Gasteiger partial charge in [-0.25, -0.2) is 0 Å². The SMILES string of the molecule is c1ccc(-c2ccc(N(c3ccc(-c4cccc(-c5ccccc5)c4)cc3)c3ccc4c5ccccc5n(-c5ccc6sc7ccccc7c6c5)c4c3)cc2)cc1. The van der Waals surface area contributed by atoms with E-state index in [-0.39, 0.29) is 0 Å². The van der Waals surface area contributed by atoms with Gasteiger partial charge >= 0.3 is 0 Å². The van der Waals surface area contributed by atoms with Crippen molar-refractivity contribution in [2.75, 3.05) is 4.90 Å². The summed E-state index contributed by atoms with van der Waals surface area (Å²) in [6, 6.07) is 79.4. The first-order valence-electron chi connectivity index (χ1n) is 19.4. The Morgan fingerprint density at radius 1 is 0.298 bits per heavy atom. The molecule has 11 rings (SSSR count). The van der Waals surface area contributed by atoms with Crippen LogP contribution in [0.15, 0.2) is 218 Å². The van der Waals surface area contributed by atoms with Gasteiger partial charge in [0.1, 0.15) is 0 Å². The molecule has 3 heteroatoms. The molecule has 0 atom stereocenters. The lowest BCUT2D eigenvalue weighted by Gasteiger charge is -2.26. The molecule has 0 aliphatic rings. The fraction of sp³-hybridized carbons (Fsp3) is 0. The smallest absolute Gasteiger partial charge is 0.0561 e. The molecule has 0 N–H and O–H groups in total. The van der Waals surface area contributed by atoms with E-state index in [1.165, 1.54) is 75.4 Å². The van der Waals surface area contributed by atoms with Crippen molar-refractivity contribution in [2.45, 2.75) is 0 Å². The van der Waals surface area contributed by atoms with Gasteiger partial charge in [-0.1, -0.05) is 146 Å². The first-order valence-corrected chi connectivity index (χ1v) is 20.2. The fourth-order valence-electron chi connectivity index (χ4n) is 8.42. The van der Waals surface area contributed by atoms with Crippen LogP contribution in [0.4, 0.5) is 17.1 Å². The van der Waals surface area contributed by atoms with Crippen LogP contribution >= 0.6 is 11.3 Å². The highest BCUT2D eigenvalue weighted by Gasteiger charge is 2.19. The highest BCUT2D eigenvalue weighted by Crippen LogP contribution is 2.42. The number of rotatable bonds is 7. The molecule has 9 aromatic carbocycles. The van der Waals surface area contributed by atoms with E-state index in [1.54, 1.807) is 0 Å². The van der Waals surface area contributed by atoms with E-state index in [0.29, 0.717) is 0 Å². The second kappa shape index (κ2) is 13.8. The number of fused-ring (bicyclic) bond motifs is 6. The Morgan fingerprint density at radius 2 is 0.807 bits per heavy atom. The molecule has 0 bridgehead atoms. The molecule has 2 nitrogen and oxygen atoms in total. The number of benzene rings is 9. The minimum atomic E-state index is 1.10. The third-order valence-corrected chi connectivity index (χ3v) is 12.3. The molecule has 0 saturated carbocycles. The molecular formula is C54H36N2S. The Hall–Kier alpha value is -7.20. The quantitative estimate of drug-likeness (QED) is 0.158. The number of nitrogens with zero attached hydrogens (tertiary/aromatic N) is 2. The first kappa shape index (κ1) is 33.2. The fourth-order valence-corrected chi connectivity index (χ4v) is 9.51. The highest BCUT2D eigenvalue weighted by atomic mass is 32.1. The van der Waals surface area contributed by atoms with Gasteiger partial charge in [0, 0.05) is 53.7 Å². The Labute approximate surface area is 335 Å². The molecule has 11 aromatic rings. The van der Waals surface area contributed by atoms with Crippen molar-refractivity contribution in [3.63, 3.8) is 0 Å². The van der Waals surface area contributed by atoms with E-state index in [0.717, 1.165) is 22.7 Å². The van der Waals surface area contributed by atoms with Crippen molar-refractivity contribution in [1.82, 2.24) is 4.57 Å². The van der Waals surface area contributed by atoms with E-state index >= 15 is 0 Å². The van der Waals surface area contributed by atoms with Gasteiger partial charge in [0.25, 0.3) is 0 Å². The van der Waals surface area contributed by atoms with Gasteiger partial charge in [-0.2, -0.15) is 0 Å². The largest absolute Gasteiger partial charge is 0.310 e. The van der Waals surface area contributed by atoms with Crippen molar-refractivity contribution in [2.24, 2.45) is 0 Å². The lowest BCUT2D eigenvalue weighted by molar-refractivity contribution is 1.18. The molecule has 0 aliphatic carbocycles. The molecule has 0 saturated heterocycles. The molecule has 2 heterocycles. The average Bonchev–Trinajstić information content (AvgIpc) is 3.83. The second-order valence-corrected chi connectivity index (χ2v) is 15.7.